The number of hydrogen-bond donors (Lipinski definition) is 3. The molecule has 0 heterocycles. The Kier molecular flexibility index (Phi) is 18.7. The molecule has 1 aromatic carbocycles. The second kappa shape index (κ2) is 20.7. The van der Waals surface area contributed by atoms with Crippen LogP contribution in [0.25, 0.3) is 0 Å². The summed E-state index contributed by atoms with van der Waals surface area (Å²) >= 11 is 0. The van der Waals surface area contributed by atoms with Gasteiger partial charge in [-0.3, -0.25) is 9.32 Å². The van der Waals surface area contributed by atoms with Crippen molar-refractivity contribution < 1.29 is 23.7 Å². The van der Waals surface area contributed by atoms with Gasteiger partial charge in [-0.05, 0) is 50.5 Å². The van der Waals surface area contributed by atoms with E-state index in [0.29, 0.717) is 19.3 Å². The molecule has 1 atom stereocenters. The van der Waals surface area contributed by atoms with Gasteiger partial charge in [-0.1, -0.05) is 101 Å². The van der Waals surface area contributed by atoms with Crippen LogP contribution in [-0.4, -0.2) is 28.3 Å². The van der Waals surface area contributed by atoms with E-state index in [0.717, 1.165) is 31.2 Å². The molecule has 0 radical (unpaired) electrons. The normalized spacial score (nSPS) is 12.8. The van der Waals surface area contributed by atoms with Gasteiger partial charge in [-0.15, -0.1) is 0 Å². The first-order valence-electron chi connectivity index (χ1n) is 13.6. The van der Waals surface area contributed by atoms with Crippen molar-refractivity contribution in [3.05, 3.63) is 48.0 Å². The minimum atomic E-state index is -4.57. The largest absolute Gasteiger partial charge is 0.469 e. The number of aryl methyl sites for hydroxylation is 1. The van der Waals surface area contributed by atoms with E-state index in [-0.39, 0.29) is 12.5 Å². The molecule has 7 heteroatoms. The molecule has 0 bridgehead atoms. The van der Waals surface area contributed by atoms with Crippen LogP contribution in [0, 0.1) is 0 Å². The van der Waals surface area contributed by atoms with Gasteiger partial charge in [0.2, 0.25) is 5.91 Å². The van der Waals surface area contributed by atoms with E-state index in [2.05, 4.69) is 28.9 Å². The van der Waals surface area contributed by atoms with Gasteiger partial charge in [0, 0.05) is 6.42 Å². The van der Waals surface area contributed by atoms with Crippen LogP contribution >= 0.6 is 7.82 Å². The highest BCUT2D eigenvalue weighted by atomic mass is 31.2. The molecule has 0 fully saturated rings. The summed E-state index contributed by atoms with van der Waals surface area (Å²) in [4.78, 5) is 30.4. The highest BCUT2D eigenvalue weighted by molar-refractivity contribution is 7.46. The van der Waals surface area contributed by atoms with Crippen LogP contribution < -0.4 is 5.32 Å². The minimum absolute atomic E-state index is 0.0880. The van der Waals surface area contributed by atoms with E-state index in [1.807, 2.05) is 30.3 Å². The molecule has 200 valence electrons. The third kappa shape index (κ3) is 20.4. The van der Waals surface area contributed by atoms with Crippen molar-refractivity contribution in [2.75, 3.05) is 6.61 Å². The average molecular weight is 510 g/mol. The van der Waals surface area contributed by atoms with E-state index in [1.165, 1.54) is 57.8 Å². The second-order valence-corrected chi connectivity index (χ2v) is 10.6. The molecule has 1 rings (SSSR count). The fourth-order valence-electron chi connectivity index (χ4n) is 4.03. The van der Waals surface area contributed by atoms with E-state index in [1.54, 1.807) is 0 Å². The summed E-state index contributed by atoms with van der Waals surface area (Å²) in [5.74, 6) is -0.0880. The lowest BCUT2D eigenvalue weighted by molar-refractivity contribution is -0.122. The number of unbranched alkanes of at least 4 members (excludes halogenated alkanes) is 11. The average Bonchev–Trinajstić information content (AvgIpc) is 2.83. The zero-order chi connectivity index (χ0) is 25.6. The predicted octanol–water partition coefficient (Wildman–Crippen LogP) is 7.25. The van der Waals surface area contributed by atoms with Crippen LogP contribution in [0.3, 0.4) is 0 Å². The zero-order valence-electron chi connectivity index (χ0n) is 21.7. The SMILES string of the molecule is CCCCCCCCC=CCCCCCCCC(=O)NC(CCc1ccccc1)COP(=O)(O)O. The standard InChI is InChI=1S/C28H48NO5P/c1-2-3-4-5-6-7-8-9-10-11-12-13-14-15-19-22-28(30)29-27(25-34-35(31,32)33)24-23-26-20-17-16-18-21-26/h9-10,16-18,20-21,27H,2-8,11-15,19,22-25H2,1H3,(H,29,30)(H2,31,32,33). The number of amides is 1. The van der Waals surface area contributed by atoms with Gasteiger partial charge in [-0.25, -0.2) is 4.57 Å². The molecule has 35 heavy (non-hydrogen) atoms. The summed E-state index contributed by atoms with van der Waals surface area (Å²) in [6.45, 7) is 2.05. The van der Waals surface area contributed by atoms with Crippen molar-refractivity contribution in [1.29, 1.82) is 0 Å². The highest BCUT2D eigenvalue weighted by Crippen LogP contribution is 2.35. The first kappa shape index (κ1) is 31.6. The Bertz CT molecular complexity index is 719. The highest BCUT2D eigenvalue weighted by Gasteiger charge is 2.19. The maximum atomic E-state index is 12.4. The van der Waals surface area contributed by atoms with Gasteiger partial charge in [0.1, 0.15) is 0 Å². The molecule has 1 amide bonds. The number of allylic oxidation sites excluding steroid dienone is 2. The Morgan fingerprint density at radius 1 is 0.914 bits per heavy atom. The molecule has 0 aliphatic carbocycles. The molecule has 0 aliphatic heterocycles. The summed E-state index contributed by atoms with van der Waals surface area (Å²) in [5.41, 5.74) is 1.11. The third-order valence-corrected chi connectivity index (χ3v) is 6.58. The molecule has 0 aliphatic rings. The molecule has 6 nitrogen and oxygen atoms in total. The number of nitrogens with one attached hydrogen (secondary N) is 1. The van der Waals surface area contributed by atoms with Crippen molar-refractivity contribution >= 4 is 13.7 Å². The maximum absolute atomic E-state index is 12.4. The Morgan fingerprint density at radius 3 is 2.09 bits per heavy atom. The number of carbonyl (C=O) groups is 1. The number of phosphoric ester groups is 1. The number of benzene rings is 1. The molecule has 1 aromatic rings. The lowest BCUT2D eigenvalue weighted by atomic mass is 10.0. The minimum Gasteiger partial charge on any atom is -0.351 e. The second-order valence-electron chi connectivity index (χ2n) is 9.41. The Balaban J connectivity index is 2.11. The summed E-state index contributed by atoms with van der Waals surface area (Å²) in [6.07, 6.45) is 22.1. The van der Waals surface area contributed by atoms with E-state index in [4.69, 9.17) is 9.79 Å². The molecule has 3 N–H and O–H groups in total. The van der Waals surface area contributed by atoms with E-state index < -0.39 is 13.9 Å². The quantitative estimate of drug-likeness (QED) is 0.0869. The van der Waals surface area contributed by atoms with Gasteiger partial charge >= 0.3 is 7.82 Å². The summed E-state index contributed by atoms with van der Waals surface area (Å²) in [6, 6.07) is 9.39. The van der Waals surface area contributed by atoms with Crippen LogP contribution in [0.4, 0.5) is 0 Å². The monoisotopic (exact) mass is 509 g/mol. The molecule has 0 saturated carbocycles. The first-order chi connectivity index (χ1) is 16.9. The van der Waals surface area contributed by atoms with Crippen LogP contribution in [0.2, 0.25) is 0 Å². The molecule has 0 aromatic heterocycles. The van der Waals surface area contributed by atoms with Crippen LogP contribution in [0.15, 0.2) is 42.5 Å². The number of rotatable bonds is 22. The molecular formula is C28H48NO5P. The summed E-state index contributed by atoms with van der Waals surface area (Å²) in [5, 5.41) is 2.89. The topological polar surface area (TPSA) is 95.9 Å². The lowest BCUT2D eigenvalue weighted by Crippen LogP contribution is -2.38. The van der Waals surface area contributed by atoms with Crippen molar-refractivity contribution in [2.45, 2.75) is 116 Å². The first-order valence-corrected chi connectivity index (χ1v) is 15.1. The number of hydrogen-bond acceptors (Lipinski definition) is 3. The fraction of sp³-hybridized carbons (Fsp3) is 0.679. The van der Waals surface area contributed by atoms with Gasteiger partial charge in [0.05, 0.1) is 12.6 Å². The smallest absolute Gasteiger partial charge is 0.351 e. The van der Waals surface area contributed by atoms with Gasteiger partial charge < -0.3 is 15.1 Å². The van der Waals surface area contributed by atoms with Crippen molar-refractivity contribution in [1.82, 2.24) is 5.32 Å². The molecule has 0 spiro atoms. The number of phosphoric acid groups is 1. The Morgan fingerprint density at radius 2 is 1.49 bits per heavy atom. The van der Waals surface area contributed by atoms with Crippen LogP contribution in [0.5, 0.6) is 0 Å². The van der Waals surface area contributed by atoms with Gasteiger partial charge in [0.25, 0.3) is 0 Å². The summed E-state index contributed by atoms with van der Waals surface area (Å²) < 4.78 is 15.7. The van der Waals surface area contributed by atoms with E-state index in [9.17, 15) is 9.36 Å². The Labute approximate surface area is 213 Å². The van der Waals surface area contributed by atoms with E-state index >= 15 is 0 Å². The summed E-state index contributed by atoms with van der Waals surface area (Å²) in [7, 11) is -4.57. The van der Waals surface area contributed by atoms with Crippen LogP contribution in [0.1, 0.15) is 109 Å². The molecular weight excluding hydrogens is 461 g/mol. The lowest BCUT2D eigenvalue weighted by Gasteiger charge is -2.19. The van der Waals surface area contributed by atoms with Crippen molar-refractivity contribution in [3.8, 4) is 0 Å². The zero-order valence-corrected chi connectivity index (χ0v) is 22.6. The fourth-order valence-corrected chi connectivity index (χ4v) is 4.40. The third-order valence-electron chi connectivity index (χ3n) is 6.10. The predicted molar refractivity (Wildman–Crippen MR) is 144 cm³/mol. The van der Waals surface area contributed by atoms with Crippen molar-refractivity contribution in [3.63, 3.8) is 0 Å². The molecule has 0 saturated heterocycles. The van der Waals surface area contributed by atoms with Gasteiger partial charge in [0.15, 0.2) is 0 Å². The van der Waals surface area contributed by atoms with Crippen molar-refractivity contribution in [2.24, 2.45) is 0 Å². The van der Waals surface area contributed by atoms with Crippen LogP contribution in [-0.2, 0) is 20.3 Å². The number of carbonyl (C=O) groups excluding carboxylic acids is 1. The Hall–Kier alpha value is -1.46. The molecule has 1 unspecified atom stereocenters. The van der Waals surface area contributed by atoms with Gasteiger partial charge in [-0.2, -0.15) is 0 Å². The maximum Gasteiger partial charge on any atom is 0.469 e.